The molecule has 0 amide bonds. The maximum Gasteiger partial charge on any atom is 0.301 e. The number of hydrogen-bond acceptors (Lipinski definition) is 4. The van der Waals surface area contributed by atoms with E-state index in [1.54, 1.807) is 30.5 Å². The van der Waals surface area contributed by atoms with Crippen LogP contribution < -0.4 is 9.03 Å². The van der Waals surface area contributed by atoms with Crippen molar-refractivity contribution in [1.82, 2.24) is 9.71 Å². The fourth-order valence-electron chi connectivity index (χ4n) is 2.42. The number of nitrogens with zero attached hydrogens (tertiary/aromatic N) is 3. The minimum Gasteiger partial charge on any atom is -0.258 e. The number of rotatable bonds is 1. The molecule has 0 saturated carbocycles. The molecule has 2 aromatic rings. The van der Waals surface area contributed by atoms with E-state index in [1.807, 2.05) is 13.0 Å². The van der Waals surface area contributed by atoms with Crippen molar-refractivity contribution in [3.63, 3.8) is 0 Å². The fourth-order valence-corrected chi connectivity index (χ4v) is 3.92. The molecule has 0 aliphatic carbocycles. The minimum absolute atomic E-state index is 0.233. The number of aromatic nitrogens is 1. The van der Waals surface area contributed by atoms with Crippen LogP contribution in [0.3, 0.4) is 0 Å². The molecule has 6 nitrogen and oxygen atoms in total. The highest BCUT2D eigenvalue weighted by atomic mass is 32.2. The Hall–Kier alpha value is -2.17. The Balaban J connectivity index is 2.11. The molecule has 1 aromatic carbocycles. The molecule has 21 heavy (non-hydrogen) atoms. The first-order valence-corrected chi connectivity index (χ1v) is 8.01. The smallest absolute Gasteiger partial charge is 0.258 e. The molecule has 0 radical (unpaired) electrons. The van der Waals surface area contributed by atoms with Crippen LogP contribution in [0.2, 0.25) is 0 Å². The Bertz CT molecular complexity index is 842. The van der Waals surface area contributed by atoms with Crippen LogP contribution in [0.4, 0.5) is 5.69 Å². The molecule has 1 aromatic heterocycles. The van der Waals surface area contributed by atoms with Crippen molar-refractivity contribution in [2.45, 2.75) is 6.92 Å². The summed E-state index contributed by atoms with van der Waals surface area (Å²) in [4.78, 5) is 4.00. The van der Waals surface area contributed by atoms with Gasteiger partial charge >= 0.3 is 10.2 Å². The lowest BCUT2D eigenvalue weighted by Crippen LogP contribution is -2.50. The van der Waals surface area contributed by atoms with E-state index in [0.717, 1.165) is 10.8 Å². The van der Waals surface area contributed by atoms with E-state index in [0.29, 0.717) is 24.5 Å². The molecular weight excluding hydrogens is 288 g/mol. The zero-order valence-electron chi connectivity index (χ0n) is 11.4. The molecule has 2 heterocycles. The highest BCUT2D eigenvalue weighted by Crippen LogP contribution is 2.27. The van der Waals surface area contributed by atoms with E-state index in [-0.39, 0.29) is 5.92 Å². The minimum atomic E-state index is -3.49. The number of nitrogens with one attached hydrogen (secondary N) is 1. The molecule has 0 spiro atoms. The van der Waals surface area contributed by atoms with Crippen molar-refractivity contribution in [3.8, 4) is 6.07 Å². The Kier molecular flexibility index (Phi) is 3.27. The van der Waals surface area contributed by atoms with E-state index < -0.39 is 10.2 Å². The SMILES string of the molecule is C[C@H]1CNS(=O)(=O)N(c2ccc3c(C#N)nccc3c2)C1. The third-order valence-electron chi connectivity index (χ3n) is 3.52. The van der Waals surface area contributed by atoms with Gasteiger partial charge in [-0.3, -0.25) is 4.31 Å². The van der Waals surface area contributed by atoms with Crippen LogP contribution >= 0.6 is 0 Å². The Morgan fingerprint density at radius 1 is 1.43 bits per heavy atom. The fraction of sp³-hybridized carbons (Fsp3) is 0.286. The van der Waals surface area contributed by atoms with Crippen molar-refractivity contribution >= 4 is 26.7 Å². The van der Waals surface area contributed by atoms with Crippen LogP contribution in [0.25, 0.3) is 10.8 Å². The van der Waals surface area contributed by atoms with E-state index in [9.17, 15) is 8.42 Å². The molecule has 1 aliphatic rings. The first kappa shape index (κ1) is 13.8. The van der Waals surface area contributed by atoms with Crippen LogP contribution in [0.15, 0.2) is 30.5 Å². The average Bonchev–Trinajstić information content (AvgIpc) is 2.48. The summed E-state index contributed by atoms with van der Waals surface area (Å²) in [7, 11) is -3.49. The molecule has 1 atom stereocenters. The van der Waals surface area contributed by atoms with Gasteiger partial charge in [-0.05, 0) is 35.6 Å². The van der Waals surface area contributed by atoms with Crippen molar-refractivity contribution in [2.75, 3.05) is 17.4 Å². The summed E-state index contributed by atoms with van der Waals surface area (Å²) in [6.45, 7) is 2.89. The molecule has 1 N–H and O–H groups in total. The summed E-state index contributed by atoms with van der Waals surface area (Å²) in [5.41, 5.74) is 0.934. The zero-order chi connectivity index (χ0) is 15.0. The third-order valence-corrected chi connectivity index (χ3v) is 5.00. The van der Waals surface area contributed by atoms with Crippen LogP contribution in [0.5, 0.6) is 0 Å². The average molecular weight is 302 g/mol. The predicted molar refractivity (Wildman–Crippen MR) is 79.9 cm³/mol. The van der Waals surface area contributed by atoms with Gasteiger partial charge in [0.2, 0.25) is 0 Å². The Morgan fingerprint density at radius 2 is 2.24 bits per heavy atom. The summed E-state index contributed by atoms with van der Waals surface area (Å²) in [5.74, 6) is 0.233. The van der Waals surface area contributed by atoms with E-state index in [2.05, 4.69) is 9.71 Å². The lowest BCUT2D eigenvalue weighted by atomic mass is 10.1. The highest BCUT2D eigenvalue weighted by Gasteiger charge is 2.29. The van der Waals surface area contributed by atoms with Crippen LogP contribution in [0, 0.1) is 17.2 Å². The van der Waals surface area contributed by atoms with Gasteiger partial charge in [0.25, 0.3) is 0 Å². The Labute approximate surface area is 123 Å². The molecule has 1 saturated heterocycles. The van der Waals surface area contributed by atoms with Gasteiger partial charge in [-0.2, -0.15) is 18.4 Å². The second-order valence-corrected chi connectivity index (χ2v) is 6.85. The summed E-state index contributed by atoms with van der Waals surface area (Å²) in [5, 5.41) is 10.6. The van der Waals surface area contributed by atoms with Gasteiger partial charge in [0.15, 0.2) is 0 Å². The maximum atomic E-state index is 12.1. The first-order chi connectivity index (χ1) is 10.0. The lowest BCUT2D eigenvalue weighted by Gasteiger charge is -2.32. The molecular formula is C14H14N4O2S. The van der Waals surface area contributed by atoms with E-state index in [4.69, 9.17) is 5.26 Å². The molecule has 0 bridgehead atoms. The first-order valence-electron chi connectivity index (χ1n) is 6.57. The van der Waals surface area contributed by atoms with E-state index >= 15 is 0 Å². The molecule has 108 valence electrons. The van der Waals surface area contributed by atoms with Crippen molar-refractivity contribution in [1.29, 1.82) is 5.26 Å². The molecule has 1 fully saturated rings. The quantitative estimate of drug-likeness (QED) is 0.862. The van der Waals surface area contributed by atoms with Gasteiger partial charge in [0.1, 0.15) is 11.8 Å². The maximum absolute atomic E-state index is 12.1. The predicted octanol–water partition coefficient (Wildman–Crippen LogP) is 1.40. The van der Waals surface area contributed by atoms with Crippen molar-refractivity contribution < 1.29 is 8.42 Å². The van der Waals surface area contributed by atoms with Crippen LogP contribution in [0.1, 0.15) is 12.6 Å². The van der Waals surface area contributed by atoms with Gasteiger partial charge in [-0.25, -0.2) is 4.98 Å². The zero-order valence-corrected chi connectivity index (χ0v) is 12.3. The van der Waals surface area contributed by atoms with E-state index in [1.165, 1.54) is 4.31 Å². The molecule has 1 aliphatic heterocycles. The summed E-state index contributed by atoms with van der Waals surface area (Å²) in [6.07, 6.45) is 1.55. The number of pyridine rings is 1. The third kappa shape index (κ3) is 2.44. The highest BCUT2D eigenvalue weighted by molar-refractivity contribution is 7.90. The topological polar surface area (TPSA) is 86.1 Å². The summed E-state index contributed by atoms with van der Waals surface area (Å²) >= 11 is 0. The van der Waals surface area contributed by atoms with Crippen molar-refractivity contribution in [2.24, 2.45) is 5.92 Å². The second-order valence-electron chi connectivity index (χ2n) is 5.17. The number of benzene rings is 1. The van der Waals surface area contributed by atoms with Crippen LogP contribution in [-0.2, 0) is 10.2 Å². The number of hydrogen-bond donors (Lipinski definition) is 1. The monoisotopic (exact) mass is 302 g/mol. The number of fused-ring (bicyclic) bond motifs is 1. The van der Waals surface area contributed by atoms with Gasteiger partial charge in [0.05, 0.1) is 5.69 Å². The number of nitriles is 1. The normalized spacial score (nSPS) is 21.1. The van der Waals surface area contributed by atoms with Gasteiger partial charge < -0.3 is 0 Å². The van der Waals surface area contributed by atoms with Gasteiger partial charge in [0, 0.05) is 24.7 Å². The summed E-state index contributed by atoms with van der Waals surface area (Å²) in [6, 6.07) is 9.03. The summed E-state index contributed by atoms with van der Waals surface area (Å²) < 4.78 is 28.2. The molecule has 0 unspecified atom stereocenters. The van der Waals surface area contributed by atoms with Gasteiger partial charge in [-0.1, -0.05) is 6.92 Å². The standard InChI is InChI=1S/C14H14N4O2S/c1-10-8-17-21(19,20)18(9-10)12-2-3-13-11(6-12)4-5-16-14(13)7-15/h2-6,10,17H,8-9H2,1H3/t10-/m0/s1. The molecule has 3 rings (SSSR count). The van der Waals surface area contributed by atoms with Crippen molar-refractivity contribution in [3.05, 3.63) is 36.2 Å². The second kappa shape index (κ2) is 4.98. The Morgan fingerprint density at radius 3 is 3.00 bits per heavy atom. The number of anilines is 1. The molecule has 7 heteroatoms. The van der Waals surface area contributed by atoms with Gasteiger partial charge in [-0.15, -0.1) is 0 Å². The lowest BCUT2D eigenvalue weighted by molar-refractivity contribution is 0.506. The largest absolute Gasteiger partial charge is 0.301 e. The van der Waals surface area contributed by atoms with Crippen LogP contribution in [-0.4, -0.2) is 26.5 Å².